The SMILES string of the molecule is Cc1ccc(Nc2ncc3c(n2)N(C)C(=O)N(c2cc(C(=O)N[C@@H](C(=O)N4CCC[C@@H]4C(=O)N[C@H](C(=O)N[C@H](CC(C)C)C(=O)N(C)C)C(C)C)C(C)C)ccc2C)C3)cn1. The predicted octanol–water partition coefficient (Wildman–Crippen LogP) is 4.31. The van der Waals surface area contributed by atoms with Gasteiger partial charge in [-0.15, -0.1) is 0 Å². The zero-order valence-corrected chi connectivity index (χ0v) is 37.2. The van der Waals surface area contributed by atoms with Crippen LogP contribution >= 0.6 is 0 Å². The Morgan fingerprint density at radius 2 is 1.59 bits per heavy atom. The van der Waals surface area contributed by atoms with E-state index in [0.717, 1.165) is 11.3 Å². The number of nitrogens with zero attached hydrogens (tertiary/aromatic N) is 7. The van der Waals surface area contributed by atoms with E-state index in [1.165, 1.54) is 14.7 Å². The molecule has 7 amide bonds. The number of pyridine rings is 1. The second kappa shape index (κ2) is 19.5. The average Bonchev–Trinajstić information content (AvgIpc) is 3.71. The Labute approximate surface area is 358 Å². The summed E-state index contributed by atoms with van der Waals surface area (Å²) in [5, 5.41) is 11.8. The largest absolute Gasteiger partial charge is 0.347 e. The molecule has 328 valence electrons. The van der Waals surface area contributed by atoms with Gasteiger partial charge < -0.3 is 31.1 Å². The number of carbonyl (C=O) groups excluding carboxylic acids is 6. The van der Waals surface area contributed by atoms with Gasteiger partial charge >= 0.3 is 6.03 Å². The number of likely N-dealkylation sites (N-methyl/N-ethyl adjacent to an activating group) is 1. The van der Waals surface area contributed by atoms with Crippen molar-refractivity contribution in [2.75, 3.05) is 42.8 Å². The van der Waals surface area contributed by atoms with Crippen LogP contribution in [0.5, 0.6) is 0 Å². The normalized spacial score (nSPS) is 16.6. The number of anilines is 4. The lowest BCUT2D eigenvalue weighted by Crippen LogP contribution is -2.59. The van der Waals surface area contributed by atoms with Gasteiger partial charge in [0.15, 0.2) is 0 Å². The molecule has 1 fully saturated rings. The maximum Gasteiger partial charge on any atom is 0.330 e. The van der Waals surface area contributed by atoms with E-state index in [1.54, 1.807) is 70.5 Å². The highest BCUT2D eigenvalue weighted by Gasteiger charge is 2.41. The van der Waals surface area contributed by atoms with Crippen molar-refractivity contribution in [1.29, 1.82) is 0 Å². The van der Waals surface area contributed by atoms with E-state index < -0.39 is 47.8 Å². The summed E-state index contributed by atoms with van der Waals surface area (Å²) in [5.74, 6) is -1.87. The zero-order valence-electron chi connectivity index (χ0n) is 37.2. The fraction of sp³-hybridized carbons (Fsp3) is 0.523. The summed E-state index contributed by atoms with van der Waals surface area (Å²) in [6.45, 7) is 15.4. The molecular formula is C44H61N11O6. The monoisotopic (exact) mass is 839 g/mol. The van der Waals surface area contributed by atoms with Crippen LogP contribution in [0.4, 0.5) is 27.9 Å². The summed E-state index contributed by atoms with van der Waals surface area (Å²) in [6.07, 6.45) is 4.72. The van der Waals surface area contributed by atoms with Gasteiger partial charge in [0.2, 0.25) is 29.6 Å². The molecule has 4 heterocycles. The summed E-state index contributed by atoms with van der Waals surface area (Å²) >= 11 is 0. The fourth-order valence-electron chi connectivity index (χ4n) is 7.54. The van der Waals surface area contributed by atoms with E-state index in [1.807, 2.05) is 53.7 Å². The third-order valence-electron chi connectivity index (χ3n) is 11.0. The first-order chi connectivity index (χ1) is 28.8. The topological polar surface area (TPSA) is 202 Å². The summed E-state index contributed by atoms with van der Waals surface area (Å²) in [4.78, 5) is 102. The molecule has 2 aromatic heterocycles. The van der Waals surface area contributed by atoms with Crippen molar-refractivity contribution in [2.45, 2.75) is 105 Å². The van der Waals surface area contributed by atoms with Gasteiger partial charge in [-0.05, 0) is 80.7 Å². The number of fused-ring (bicyclic) bond motifs is 1. The Hall–Kier alpha value is -6.13. The molecule has 2 aliphatic rings. The summed E-state index contributed by atoms with van der Waals surface area (Å²) in [7, 11) is 4.89. The number of aryl methyl sites for hydroxylation is 2. The number of likely N-dealkylation sites (tertiary alicyclic amines) is 1. The molecule has 0 saturated carbocycles. The minimum absolute atomic E-state index is 0.136. The van der Waals surface area contributed by atoms with Gasteiger partial charge in [0.1, 0.15) is 30.0 Å². The van der Waals surface area contributed by atoms with Crippen molar-refractivity contribution < 1.29 is 28.8 Å². The Kier molecular flexibility index (Phi) is 14.7. The average molecular weight is 840 g/mol. The van der Waals surface area contributed by atoms with Crippen molar-refractivity contribution in [3.63, 3.8) is 0 Å². The van der Waals surface area contributed by atoms with Crippen molar-refractivity contribution in [3.8, 4) is 0 Å². The minimum atomic E-state index is -0.978. The van der Waals surface area contributed by atoms with Gasteiger partial charge in [0.25, 0.3) is 5.91 Å². The van der Waals surface area contributed by atoms with Gasteiger partial charge in [-0.3, -0.25) is 38.8 Å². The van der Waals surface area contributed by atoms with Gasteiger partial charge in [-0.2, -0.15) is 4.98 Å². The van der Waals surface area contributed by atoms with E-state index >= 15 is 0 Å². The van der Waals surface area contributed by atoms with Crippen LogP contribution in [0, 0.1) is 31.6 Å². The number of hydrogen-bond donors (Lipinski definition) is 4. The van der Waals surface area contributed by atoms with Gasteiger partial charge in [0, 0.05) is 56.4 Å². The summed E-state index contributed by atoms with van der Waals surface area (Å²) in [5.41, 5.74) is 3.79. The van der Waals surface area contributed by atoms with Crippen LogP contribution < -0.4 is 31.1 Å². The lowest BCUT2D eigenvalue weighted by molar-refractivity contribution is -0.142. The van der Waals surface area contributed by atoms with Crippen molar-refractivity contribution in [1.82, 2.24) is 40.7 Å². The van der Waals surface area contributed by atoms with Gasteiger partial charge in [0.05, 0.1) is 18.4 Å². The molecule has 3 aromatic rings. The number of benzene rings is 1. The maximum absolute atomic E-state index is 14.2. The maximum atomic E-state index is 14.2. The zero-order chi connectivity index (χ0) is 44.9. The Bertz CT molecular complexity index is 2120. The van der Waals surface area contributed by atoms with Crippen LogP contribution in [-0.4, -0.2) is 112 Å². The Balaban J connectivity index is 1.29. The Morgan fingerprint density at radius 3 is 2.21 bits per heavy atom. The first-order valence-electron chi connectivity index (χ1n) is 20.9. The number of amides is 7. The van der Waals surface area contributed by atoms with E-state index in [-0.39, 0.29) is 41.8 Å². The number of urea groups is 1. The smallest absolute Gasteiger partial charge is 0.330 e. The number of hydrogen-bond acceptors (Lipinski definition) is 10. The molecule has 1 saturated heterocycles. The lowest BCUT2D eigenvalue weighted by atomic mass is 9.99. The lowest BCUT2D eigenvalue weighted by Gasteiger charge is -2.35. The van der Waals surface area contributed by atoms with Crippen LogP contribution in [0.25, 0.3) is 0 Å². The molecule has 5 rings (SSSR count). The third kappa shape index (κ3) is 10.8. The molecule has 4 atom stereocenters. The second-order valence-electron chi connectivity index (χ2n) is 17.3. The molecule has 0 bridgehead atoms. The highest BCUT2D eigenvalue weighted by molar-refractivity contribution is 6.07. The molecule has 0 radical (unpaired) electrons. The molecule has 61 heavy (non-hydrogen) atoms. The first-order valence-corrected chi connectivity index (χ1v) is 20.9. The van der Waals surface area contributed by atoms with E-state index in [9.17, 15) is 28.8 Å². The highest BCUT2D eigenvalue weighted by atomic mass is 16.2. The number of carbonyl (C=O) groups is 6. The van der Waals surface area contributed by atoms with Gasteiger partial charge in [-0.25, -0.2) is 9.78 Å². The number of aromatic nitrogens is 3. The molecule has 17 nitrogen and oxygen atoms in total. The summed E-state index contributed by atoms with van der Waals surface area (Å²) < 4.78 is 0. The highest BCUT2D eigenvalue weighted by Crippen LogP contribution is 2.33. The van der Waals surface area contributed by atoms with Crippen LogP contribution in [-0.2, 0) is 25.7 Å². The molecule has 0 spiro atoms. The molecule has 0 unspecified atom stereocenters. The van der Waals surface area contributed by atoms with Crippen LogP contribution in [0.15, 0.2) is 42.7 Å². The van der Waals surface area contributed by atoms with Crippen LogP contribution in [0.2, 0.25) is 0 Å². The molecule has 1 aromatic carbocycles. The Morgan fingerprint density at radius 1 is 0.885 bits per heavy atom. The van der Waals surface area contributed by atoms with Gasteiger partial charge in [-0.1, -0.05) is 47.6 Å². The first kappa shape index (κ1) is 45.9. The molecule has 17 heteroatoms. The second-order valence-corrected chi connectivity index (χ2v) is 17.3. The van der Waals surface area contributed by atoms with Crippen molar-refractivity contribution in [2.24, 2.45) is 17.8 Å². The van der Waals surface area contributed by atoms with Crippen molar-refractivity contribution in [3.05, 3.63) is 65.1 Å². The van der Waals surface area contributed by atoms with Crippen LogP contribution in [0.3, 0.4) is 0 Å². The predicted molar refractivity (Wildman–Crippen MR) is 233 cm³/mol. The van der Waals surface area contributed by atoms with E-state index in [4.69, 9.17) is 0 Å². The van der Waals surface area contributed by atoms with Crippen molar-refractivity contribution >= 4 is 58.7 Å². The molecular weight excluding hydrogens is 779 g/mol. The summed E-state index contributed by atoms with van der Waals surface area (Å²) in [6, 6.07) is 4.87. The molecule has 0 aliphatic carbocycles. The molecule has 2 aliphatic heterocycles. The van der Waals surface area contributed by atoms with Crippen LogP contribution in [0.1, 0.15) is 88.0 Å². The standard InChI is InChI=1S/C44H61N11O6/c1-24(2)19-32(41(59)52(9)10)48-40(58)35(25(3)4)49-39(57)33-13-12-18-54(33)42(60)36(26(5)6)50-38(56)29-16-14-27(7)34(20-29)55-23-30-21-46-43(51-37(30)53(11)44(55)61)47-31-17-15-28(8)45-22-31/h14-17,20-22,24-26,32-33,35-36H,12-13,18-19,23H2,1-11H3,(H,48,58)(H,49,57)(H,50,56)(H,46,47,51)/t32-,33-,35+,36-/m1/s1. The third-order valence-corrected chi connectivity index (χ3v) is 11.0. The fourth-order valence-corrected chi connectivity index (χ4v) is 7.54. The molecule has 4 N–H and O–H groups in total. The minimum Gasteiger partial charge on any atom is -0.347 e. The van der Waals surface area contributed by atoms with E-state index in [0.29, 0.717) is 54.5 Å². The quantitative estimate of drug-likeness (QED) is 0.171. The number of rotatable bonds is 15. The van der Waals surface area contributed by atoms with E-state index in [2.05, 4.69) is 36.2 Å². The number of nitrogens with one attached hydrogen (secondary N) is 4.